The molecular formula is C17H19NO4. The summed E-state index contributed by atoms with van der Waals surface area (Å²) < 4.78 is 10.7. The number of fused-ring (bicyclic) bond motifs is 1. The Bertz CT molecular complexity index is 636. The van der Waals surface area contributed by atoms with Crippen molar-refractivity contribution in [2.24, 2.45) is 0 Å². The highest BCUT2D eigenvalue weighted by Crippen LogP contribution is 2.39. The van der Waals surface area contributed by atoms with Gasteiger partial charge < -0.3 is 19.5 Å². The summed E-state index contributed by atoms with van der Waals surface area (Å²) in [4.78, 5) is 13.8. The largest absolute Gasteiger partial charge is 0.454 e. The molecule has 0 saturated heterocycles. The minimum absolute atomic E-state index is 0.00827. The molecule has 2 aliphatic heterocycles. The van der Waals surface area contributed by atoms with Crippen LogP contribution in [-0.4, -0.2) is 40.9 Å². The first-order chi connectivity index (χ1) is 10.7. The highest BCUT2D eigenvalue weighted by atomic mass is 16.7. The molecule has 1 N–H and O–H groups in total. The zero-order chi connectivity index (χ0) is 15.2. The van der Waals surface area contributed by atoms with Crippen LogP contribution in [-0.2, 0) is 11.2 Å². The number of benzene rings is 1. The van der Waals surface area contributed by atoms with E-state index in [1.54, 1.807) is 11.0 Å². The summed E-state index contributed by atoms with van der Waals surface area (Å²) in [5, 5.41) is 10.5. The smallest absolute Gasteiger partial charge is 0.246 e. The molecule has 0 spiro atoms. The van der Waals surface area contributed by atoms with Crippen LogP contribution in [0.3, 0.4) is 0 Å². The second-order valence-corrected chi connectivity index (χ2v) is 6.23. The van der Waals surface area contributed by atoms with Gasteiger partial charge in [0, 0.05) is 12.6 Å². The minimum atomic E-state index is -0.725. The normalized spacial score (nSPS) is 24.7. The second-order valence-electron chi connectivity index (χ2n) is 6.23. The van der Waals surface area contributed by atoms with Crippen molar-refractivity contribution >= 4 is 5.91 Å². The topological polar surface area (TPSA) is 59.0 Å². The lowest BCUT2D eigenvalue weighted by Crippen LogP contribution is -2.55. The van der Waals surface area contributed by atoms with E-state index >= 15 is 0 Å². The van der Waals surface area contributed by atoms with E-state index in [9.17, 15) is 9.90 Å². The molecule has 5 nitrogen and oxygen atoms in total. The summed E-state index contributed by atoms with van der Waals surface area (Å²) >= 11 is 0. The lowest BCUT2D eigenvalue weighted by atomic mass is 9.74. The molecule has 3 aliphatic rings. The van der Waals surface area contributed by atoms with E-state index in [0.717, 1.165) is 42.7 Å². The molecular weight excluding hydrogens is 282 g/mol. The van der Waals surface area contributed by atoms with Crippen molar-refractivity contribution in [2.45, 2.75) is 37.3 Å². The number of carbonyl (C=O) groups excluding carboxylic acids is 1. The van der Waals surface area contributed by atoms with Crippen molar-refractivity contribution in [1.29, 1.82) is 0 Å². The van der Waals surface area contributed by atoms with Crippen LogP contribution in [0.15, 0.2) is 30.4 Å². The maximum Gasteiger partial charge on any atom is 0.246 e. The average molecular weight is 301 g/mol. The molecule has 0 radical (unpaired) electrons. The summed E-state index contributed by atoms with van der Waals surface area (Å²) in [7, 11) is 0. The maximum absolute atomic E-state index is 12.1. The number of rotatable bonds is 4. The minimum Gasteiger partial charge on any atom is -0.454 e. The fourth-order valence-electron chi connectivity index (χ4n) is 3.41. The van der Waals surface area contributed by atoms with Gasteiger partial charge in [0.1, 0.15) is 0 Å². The molecule has 0 aromatic heterocycles. The Hall–Kier alpha value is -2.01. The molecule has 1 amide bonds. The van der Waals surface area contributed by atoms with E-state index in [2.05, 4.69) is 0 Å². The Balaban J connectivity index is 1.45. The predicted molar refractivity (Wildman–Crippen MR) is 79.7 cm³/mol. The third kappa shape index (κ3) is 2.16. The van der Waals surface area contributed by atoms with Gasteiger partial charge in [-0.1, -0.05) is 12.1 Å². The molecule has 1 aliphatic carbocycles. The number of ether oxygens (including phenoxy) is 2. The van der Waals surface area contributed by atoms with Crippen molar-refractivity contribution in [3.63, 3.8) is 0 Å². The fraction of sp³-hybridized carbons (Fsp3) is 0.471. The van der Waals surface area contributed by atoms with Crippen LogP contribution in [0.4, 0.5) is 0 Å². The van der Waals surface area contributed by atoms with E-state index in [4.69, 9.17) is 9.47 Å². The molecule has 4 rings (SSSR count). The molecule has 1 aromatic carbocycles. The van der Waals surface area contributed by atoms with E-state index in [1.807, 2.05) is 24.3 Å². The zero-order valence-electron chi connectivity index (χ0n) is 12.3. The molecule has 5 heteroatoms. The van der Waals surface area contributed by atoms with E-state index in [1.165, 1.54) is 0 Å². The number of hydrogen-bond acceptors (Lipinski definition) is 4. The molecule has 22 heavy (non-hydrogen) atoms. The van der Waals surface area contributed by atoms with Crippen molar-refractivity contribution < 1.29 is 19.4 Å². The van der Waals surface area contributed by atoms with Gasteiger partial charge in [0.2, 0.25) is 12.7 Å². The quantitative estimate of drug-likeness (QED) is 0.918. The maximum atomic E-state index is 12.1. The Labute approximate surface area is 129 Å². The standard InChI is InChI=1S/C17H19NO4/c19-16-5-4-15(17(20)7-1-8-17)18(16)9-6-12-2-3-13-14(10-12)22-11-21-13/h2-5,10,15,20H,1,6-9,11H2. The molecule has 116 valence electrons. The van der Waals surface area contributed by atoms with Crippen molar-refractivity contribution in [3.05, 3.63) is 35.9 Å². The SMILES string of the molecule is O=C1C=CC(C2(O)CCC2)N1CCc1ccc2c(c1)OCO2. The first-order valence-electron chi connectivity index (χ1n) is 7.75. The summed E-state index contributed by atoms with van der Waals surface area (Å²) in [5.74, 6) is 1.52. The zero-order valence-corrected chi connectivity index (χ0v) is 12.3. The van der Waals surface area contributed by atoms with Crippen molar-refractivity contribution in [2.75, 3.05) is 13.3 Å². The predicted octanol–water partition coefficient (Wildman–Crippen LogP) is 1.64. The molecule has 1 saturated carbocycles. The van der Waals surface area contributed by atoms with Crippen molar-refractivity contribution in [3.8, 4) is 11.5 Å². The molecule has 1 unspecified atom stereocenters. The lowest BCUT2D eigenvalue weighted by molar-refractivity contribution is -0.136. The summed E-state index contributed by atoms with van der Waals surface area (Å²) in [6.45, 7) is 0.862. The monoisotopic (exact) mass is 301 g/mol. The number of nitrogens with zero attached hydrogens (tertiary/aromatic N) is 1. The van der Waals surface area contributed by atoms with Gasteiger partial charge >= 0.3 is 0 Å². The van der Waals surface area contributed by atoms with Crippen LogP contribution in [0.5, 0.6) is 11.5 Å². The fourth-order valence-corrected chi connectivity index (χ4v) is 3.41. The summed E-state index contributed by atoms with van der Waals surface area (Å²) in [6.07, 6.45) is 6.75. The lowest BCUT2D eigenvalue weighted by Gasteiger charge is -2.44. The van der Waals surface area contributed by atoms with Crippen LogP contribution in [0.25, 0.3) is 0 Å². The van der Waals surface area contributed by atoms with Crippen LogP contribution >= 0.6 is 0 Å². The molecule has 1 aromatic rings. The average Bonchev–Trinajstić information content (AvgIpc) is 3.09. The Morgan fingerprint density at radius 2 is 2.09 bits per heavy atom. The molecule has 1 fully saturated rings. The Kier molecular flexibility index (Phi) is 3.11. The number of hydrogen-bond donors (Lipinski definition) is 1. The number of amides is 1. The third-order valence-electron chi connectivity index (χ3n) is 4.89. The van der Waals surface area contributed by atoms with Gasteiger partial charge in [-0.25, -0.2) is 0 Å². The number of carbonyl (C=O) groups is 1. The Morgan fingerprint density at radius 1 is 1.27 bits per heavy atom. The van der Waals surface area contributed by atoms with Gasteiger partial charge in [-0.05, 0) is 43.4 Å². The van der Waals surface area contributed by atoms with Gasteiger partial charge in [0.15, 0.2) is 11.5 Å². The molecule has 1 atom stereocenters. The van der Waals surface area contributed by atoms with Gasteiger partial charge in [-0.3, -0.25) is 4.79 Å². The van der Waals surface area contributed by atoms with E-state index in [-0.39, 0.29) is 18.7 Å². The van der Waals surface area contributed by atoms with Gasteiger partial charge in [0.05, 0.1) is 11.6 Å². The summed E-state index contributed by atoms with van der Waals surface area (Å²) in [5.41, 5.74) is 0.376. The molecule has 0 bridgehead atoms. The van der Waals surface area contributed by atoms with Gasteiger partial charge in [-0.2, -0.15) is 0 Å². The highest BCUT2D eigenvalue weighted by Gasteiger charge is 2.46. The third-order valence-corrected chi connectivity index (χ3v) is 4.89. The van der Waals surface area contributed by atoms with Crippen LogP contribution < -0.4 is 9.47 Å². The van der Waals surface area contributed by atoms with Crippen LogP contribution in [0, 0.1) is 0 Å². The van der Waals surface area contributed by atoms with Crippen molar-refractivity contribution in [1.82, 2.24) is 4.90 Å². The van der Waals surface area contributed by atoms with Crippen LogP contribution in [0.1, 0.15) is 24.8 Å². The van der Waals surface area contributed by atoms with Gasteiger partial charge in [-0.15, -0.1) is 0 Å². The number of aliphatic hydroxyl groups is 1. The van der Waals surface area contributed by atoms with Crippen LogP contribution in [0.2, 0.25) is 0 Å². The summed E-state index contributed by atoms with van der Waals surface area (Å²) in [6, 6.07) is 5.68. The molecule has 2 heterocycles. The second kappa shape index (κ2) is 5.02. The van der Waals surface area contributed by atoms with E-state index < -0.39 is 5.60 Å². The highest BCUT2D eigenvalue weighted by molar-refractivity contribution is 5.91. The first-order valence-corrected chi connectivity index (χ1v) is 7.75. The van der Waals surface area contributed by atoms with E-state index in [0.29, 0.717) is 6.54 Å². The first kappa shape index (κ1) is 13.6. The van der Waals surface area contributed by atoms with Gasteiger partial charge in [0.25, 0.3) is 0 Å². The Morgan fingerprint density at radius 3 is 2.86 bits per heavy atom.